The Hall–Kier alpha value is -1.63. The van der Waals surface area contributed by atoms with Gasteiger partial charge in [0.05, 0.1) is 0 Å². The highest BCUT2D eigenvalue weighted by Gasteiger charge is 1.97. The lowest BCUT2D eigenvalue weighted by molar-refractivity contribution is 1.04. The Balaban J connectivity index is 2.33. The van der Waals surface area contributed by atoms with E-state index < -0.39 is 0 Å². The fourth-order valence-corrected chi connectivity index (χ4v) is 1.55. The molecule has 0 fully saturated rings. The summed E-state index contributed by atoms with van der Waals surface area (Å²) in [5.74, 6) is 0. The molecule has 76 valence electrons. The van der Waals surface area contributed by atoms with Crippen molar-refractivity contribution in [3.63, 3.8) is 0 Å². The second-order valence-electron chi connectivity index (χ2n) is 3.76. The van der Waals surface area contributed by atoms with Crippen molar-refractivity contribution in [1.82, 2.24) is 4.98 Å². The number of hydrogen-bond donors (Lipinski definition) is 0. The third-order valence-corrected chi connectivity index (χ3v) is 2.57. The Morgan fingerprint density at radius 3 is 2.13 bits per heavy atom. The number of rotatable bonds is 2. The smallest absolute Gasteiger partial charge is 0.0401 e. The summed E-state index contributed by atoms with van der Waals surface area (Å²) in [7, 11) is 0. The van der Waals surface area contributed by atoms with Gasteiger partial charge in [0.2, 0.25) is 0 Å². The van der Waals surface area contributed by atoms with E-state index in [1.165, 1.54) is 16.7 Å². The zero-order valence-corrected chi connectivity index (χ0v) is 9.20. The Morgan fingerprint density at radius 2 is 1.60 bits per heavy atom. The number of hydrogen-bond acceptors (Lipinski definition) is 1. The molecule has 0 N–H and O–H groups in total. The summed E-state index contributed by atoms with van der Waals surface area (Å²) in [4.78, 5) is 4.40. The van der Waals surface area contributed by atoms with E-state index in [9.17, 15) is 0 Å². The van der Waals surface area contributed by atoms with Crippen LogP contribution in [0.15, 0.2) is 42.6 Å². The van der Waals surface area contributed by atoms with Crippen LogP contribution in [-0.4, -0.2) is 4.98 Å². The number of benzene rings is 1. The molecule has 1 nitrogen and oxygen atoms in total. The van der Waals surface area contributed by atoms with E-state index in [4.69, 9.17) is 0 Å². The van der Waals surface area contributed by atoms with Gasteiger partial charge in [0.25, 0.3) is 0 Å². The topological polar surface area (TPSA) is 12.9 Å². The van der Waals surface area contributed by atoms with Gasteiger partial charge in [-0.15, -0.1) is 0 Å². The maximum absolute atomic E-state index is 4.40. The molecule has 2 aromatic rings. The van der Waals surface area contributed by atoms with Gasteiger partial charge in [0, 0.05) is 17.5 Å². The van der Waals surface area contributed by atoms with Crippen molar-refractivity contribution in [3.05, 3.63) is 53.9 Å². The molecule has 1 aromatic heterocycles. The van der Waals surface area contributed by atoms with Crippen LogP contribution in [0.25, 0.3) is 11.1 Å². The number of pyridine rings is 1. The van der Waals surface area contributed by atoms with E-state index in [-0.39, 0.29) is 0 Å². The molecule has 15 heavy (non-hydrogen) atoms. The Bertz CT molecular complexity index is 426. The van der Waals surface area contributed by atoms with Crippen LogP contribution < -0.4 is 0 Å². The van der Waals surface area contributed by atoms with Crippen LogP contribution in [0.1, 0.15) is 18.2 Å². The van der Waals surface area contributed by atoms with Crippen molar-refractivity contribution in [2.75, 3.05) is 0 Å². The highest BCUT2D eigenvalue weighted by molar-refractivity contribution is 5.62. The van der Waals surface area contributed by atoms with Crippen LogP contribution in [0.5, 0.6) is 0 Å². The molecule has 2 rings (SSSR count). The van der Waals surface area contributed by atoms with Crippen LogP contribution in [-0.2, 0) is 6.42 Å². The van der Waals surface area contributed by atoms with Gasteiger partial charge < -0.3 is 0 Å². The summed E-state index contributed by atoms with van der Waals surface area (Å²) < 4.78 is 0. The van der Waals surface area contributed by atoms with Gasteiger partial charge in [-0.1, -0.05) is 42.8 Å². The first-order valence-electron chi connectivity index (χ1n) is 5.31. The number of aromatic nitrogens is 1. The fourth-order valence-electron chi connectivity index (χ4n) is 1.55. The van der Waals surface area contributed by atoms with Crippen LogP contribution in [0, 0.1) is 6.92 Å². The van der Waals surface area contributed by atoms with Gasteiger partial charge in [-0.2, -0.15) is 0 Å². The molecule has 0 radical (unpaired) electrons. The lowest BCUT2D eigenvalue weighted by atomic mass is 10.1. The fraction of sp³-hybridized carbons (Fsp3) is 0.214. The zero-order valence-electron chi connectivity index (χ0n) is 9.20. The standard InChI is InChI=1S/C14H15N/c1-3-14-9-8-13(10-15-14)12-6-4-11(2)5-7-12/h4-10H,3H2,1-2H3. The second kappa shape index (κ2) is 4.26. The molecular formula is C14H15N. The normalized spacial score (nSPS) is 10.3. The third-order valence-electron chi connectivity index (χ3n) is 2.57. The molecular weight excluding hydrogens is 182 g/mol. The molecule has 0 atom stereocenters. The number of nitrogens with zero attached hydrogens (tertiary/aromatic N) is 1. The van der Waals surface area contributed by atoms with Gasteiger partial charge in [-0.05, 0) is 25.0 Å². The summed E-state index contributed by atoms with van der Waals surface area (Å²) in [6.07, 6.45) is 2.94. The molecule has 0 amide bonds. The van der Waals surface area contributed by atoms with Crippen LogP contribution in [0.2, 0.25) is 0 Å². The highest BCUT2D eigenvalue weighted by Crippen LogP contribution is 2.18. The van der Waals surface area contributed by atoms with Gasteiger partial charge in [0.15, 0.2) is 0 Å². The summed E-state index contributed by atoms with van der Waals surface area (Å²) in [6, 6.07) is 12.8. The van der Waals surface area contributed by atoms with Crippen molar-refractivity contribution >= 4 is 0 Å². The van der Waals surface area contributed by atoms with E-state index in [2.05, 4.69) is 55.2 Å². The molecule has 0 spiro atoms. The monoisotopic (exact) mass is 197 g/mol. The third kappa shape index (κ3) is 2.24. The molecule has 1 aromatic carbocycles. The predicted octanol–water partition coefficient (Wildman–Crippen LogP) is 3.62. The minimum absolute atomic E-state index is 0.994. The van der Waals surface area contributed by atoms with Gasteiger partial charge in [-0.25, -0.2) is 0 Å². The van der Waals surface area contributed by atoms with Gasteiger partial charge in [-0.3, -0.25) is 4.98 Å². The minimum Gasteiger partial charge on any atom is -0.261 e. The average Bonchev–Trinajstić information content (AvgIpc) is 2.30. The highest BCUT2D eigenvalue weighted by atomic mass is 14.7. The maximum atomic E-state index is 4.40. The van der Waals surface area contributed by atoms with Crippen molar-refractivity contribution in [2.24, 2.45) is 0 Å². The first kappa shape index (κ1) is 9.91. The van der Waals surface area contributed by atoms with E-state index in [0.717, 1.165) is 12.1 Å². The van der Waals surface area contributed by atoms with Crippen molar-refractivity contribution in [2.45, 2.75) is 20.3 Å². The van der Waals surface area contributed by atoms with Crippen LogP contribution in [0.4, 0.5) is 0 Å². The quantitative estimate of drug-likeness (QED) is 0.716. The first-order chi connectivity index (χ1) is 7.29. The average molecular weight is 197 g/mol. The summed E-state index contributed by atoms with van der Waals surface area (Å²) >= 11 is 0. The van der Waals surface area contributed by atoms with Crippen molar-refractivity contribution in [1.29, 1.82) is 0 Å². The molecule has 0 unspecified atom stereocenters. The van der Waals surface area contributed by atoms with Crippen LogP contribution in [0.3, 0.4) is 0 Å². The second-order valence-corrected chi connectivity index (χ2v) is 3.76. The summed E-state index contributed by atoms with van der Waals surface area (Å²) in [6.45, 7) is 4.22. The SMILES string of the molecule is CCc1ccc(-c2ccc(C)cc2)cn1. The summed E-state index contributed by atoms with van der Waals surface area (Å²) in [5, 5.41) is 0. The van der Waals surface area contributed by atoms with Crippen molar-refractivity contribution in [3.8, 4) is 11.1 Å². The van der Waals surface area contributed by atoms with Crippen molar-refractivity contribution < 1.29 is 0 Å². The molecule has 0 saturated carbocycles. The Kier molecular flexibility index (Phi) is 2.82. The Labute approximate surface area is 90.8 Å². The molecule has 0 aliphatic carbocycles. The molecule has 0 bridgehead atoms. The molecule has 0 aliphatic rings. The van der Waals surface area contributed by atoms with Gasteiger partial charge >= 0.3 is 0 Å². The Morgan fingerprint density at radius 1 is 0.933 bits per heavy atom. The lowest BCUT2D eigenvalue weighted by Crippen LogP contribution is -1.86. The van der Waals surface area contributed by atoms with E-state index in [1.54, 1.807) is 0 Å². The molecule has 1 heterocycles. The molecule has 0 aliphatic heterocycles. The first-order valence-corrected chi connectivity index (χ1v) is 5.31. The predicted molar refractivity (Wildman–Crippen MR) is 63.8 cm³/mol. The maximum Gasteiger partial charge on any atom is 0.0401 e. The largest absolute Gasteiger partial charge is 0.261 e. The van der Waals surface area contributed by atoms with E-state index >= 15 is 0 Å². The van der Waals surface area contributed by atoms with Gasteiger partial charge in [0.1, 0.15) is 0 Å². The lowest BCUT2D eigenvalue weighted by Gasteiger charge is -2.02. The molecule has 0 saturated heterocycles. The molecule has 1 heteroatoms. The van der Waals surface area contributed by atoms with E-state index in [0.29, 0.717) is 0 Å². The minimum atomic E-state index is 0.994. The van der Waals surface area contributed by atoms with Crippen LogP contribution >= 0.6 is 0 Å². The zero-order chi connectivity index (χ0) is 10.7. The summed E-state index contributed by atoms with van der Waals surface area (Å²) in [5.41, 5.74) is 4.85. The number of aryl methyl sites for hydroxylation is 2. The van der Waals surface area contributed by atoms with E-state index in [1.807, 2.05) is 6.20 Å².